The first-order valence-corrected chi connectivity index (χ1v) is 7.03. The summed E-state index contributed by atoms with van der Waals surface area (Å²) in [7, 11) is 1.53. The van der Waals surface area contributed by atoms with Crippen molar-refractivity contribution in [1.29, 1.82) is 0 Å². The Kier molecular flexibility index (Phi) is 3.71. The molecular weight excluding hydrogens is 250 g/mol. The maximum Gasteiger partial charge on any atom is 0.255 e. The van der Waals surface area contributed by atoms with E-state index >= 15 is 0 Å². The SMILES string of the molecule is COc1ccc(O)c(C(=O)NCC2(SC)CC2)c1. The number of ether oxygens (including phenoxy) is 1. The van der Waals surface area contributed by atoms with E-state index in [9.17, 15) is 9.90 Å². The van der Waals surface area contributed by atoms with Crippen molar-refractivity contribution < 1.29 is 14.6 Å². The van der Waals surface area contributed by atoms with Crippen molar-refractivity contribution >= 4 is 17.7 Å². The van der Waals surface area contributed by atoms with Gasteiger partial charge in [-0.1, -0.05) is 0 Å². The van der Waals surface area contributed by atoms with Gasteiger partial charge < -0.3 is 15.2 Å². The Hall–Kier alpha value is -1.36. The molecule has 0 heterocycles. The number of hydrogen-bond acceptors (Lipinski definition) is 4. The third-order valence-corrected chi connectivity index (χ3v) is 4.68. The molecule has 2 N–H and O–H groups in total. The van der Waals surface area contributed by atoms with Gasteiger partial charge in [-0.3, -0.25) is 4.79 Å². The van der Waals surface area contributed by atoms with Crippen LogP contribution in [0.3, 0.4) is 0 Å². The summed E-state index contributed by atoms with van der Waals surface area (Å²) in [5.74, 6) is 0.276. The number of aromatic hydroxyl groups is 1. The van der Waals surface area contributed by atoms with Gasteiger partial charge in [-0.25, -0.2) is 0 Å². The molecule has 0 aromatic heterocycles. The second-order valence-electron chi connectivity index (χ2n) is 4.45. The van der Waals surface area contributed by atoms with Gasteiger partial charge in [0.05, 0.1) is 12.7 Å². The minimum absolute atomic E-state index is 0.0256. The van der Waals surface area contributed by atoms with Crippen molar-refractivity contribution in [2.75, 3.05) is 19.9 Å². The van der Waals surface area contributed by atoms with Crippen molar-refractivity contribution in [3.8, 4) is 11.5 Å². The molecule has 98 valence electrons. The summed E-state index contributed by atoms with van der Waals surface area (Å²) in [4.78, 5) is 12.0. The summed E-state index contributed by atoms with van der Waals surface area (Å²) in [5, 5.41) is 12.6. The lowest BCUT2D eigenvalue weighted by molar-refractivity contribution is 0.0950. The van der Waals surface area contributed by atoms with Crippen LogP contribution in [-0.4, -0.2) is 35.7 Å². The number of rotatable bonds is 5. The Bertz CT molecular complexity index is 458. The predicted molar refractivity (Wildman–Crippen MR) is 72.5 cm³/mol. The summed E-state index contributed by atoms with van der Waals surface area (Å²) in [6.07, 6.45) is 4.33. The fourth-order valence-electron chi connectivity index (χ4n) is 1.75. The van der Waals surface area contributed by atoms with E-state index in [4.69, 9.17) is 4.74 Å². The molecule has 1 aliphatic carbocycles. The van der Waals surface area contributed by atoms with Crippen LogP contribution in [-0.2, 0) is 0 Å². The molecule has 0 atom stereocenters. The largest absolute Gasteiger partial charge is 0.507 e. The van der Waals surface area contributed by atoms with Crippen molar-refractivity contribution in [3.63, 3.8) is 0 Å². The first-order valence-electron chi connectivity index (χ1n) is 5.80. The number of benzene rings is 1. The molecule has 1 aromatic rings. The topological polar surface area (TPSA) is 58.6 Å². The van der Waals surface area contributed by atoms with Crippen LogP contribution in [0.5, 0.6) is 11.5 Å². The third-order valence-electron chi connectivity index (χ3n) is 3.26. The molecule has 0 aliphatic heterocycles. The van der Waals surface area contributed by atoms with Gasteiger partial charge in [0.1, 0.15) is 11.5 Å². The molecule has 1 amide bonds. The van der Waals surface area contributed by atoms with E-state index in [0.29, 0.717) is 12.3 Å². The van der Waals surface area contributed by atoms with E-state index in [1.54, 1.807) is 23.9 Å². The molecule has 2 rings (SSSR count). The van der Waals surface area contributed by atoms with Crippen molar-refractivity contribution in [2.45, 2.75) is 17.6 Å². The lowest BCUT2D eigenvalue weighted by atomic mass is 10.1. The highest BCUT2D eigenvalue weighted by atomic mass is 32.2. The number of hydrogen-bond donors (Lipinski definition) is 2. The van der Waals surface area contributed by atoms with Gasteiger partial charge in [0, 0.05) is 11.3 Å². The molecule has 0 unspecified atom stereocenters. The van der Waals surface area contributed by atoms with Crippen LogP contribution in [0.15, 0.2) is 18.2 Å². The van der Waals surface area contributed by atoms with Crippen molar-refractivity contribution in [3.05, 3.63) is 23.8 Å². The van der Waals surface area contributed by atoms with E-state index in [1.165, 1.54) is 13.2 Å². The molecule has 0 spiro atoms. The zero-order valence-corrected chi connectivity index (χ0v) is 11.3. The molecule has 1 saturated carbocycles. The lowest BCUT2D eigenvalue weighted by Gasteiger charge is -2.13. The molecule has 18 heavy (non-hydrogen) atoms. The smallest absolute Gasteiger partial charge is 0.255 e. The van der Waals surface area contributed by atoms with Gasteiger partial charge in [-0.2, -0.15) is 11.8 Å². The normalized spacial score (nSPS) is 16.1. The zero-order valence-electron chi connectivity index (χ0n) is 10.5. The minimum atomic E-state index is -0.258. The van der Waals surface area contributed by atoms with Gasteiger partial charge in [-0.05, 0) is 37.3 Å². The van der Waals surface area contributed by atoms with E-state index in [-0.39, 0.29) is 22.0 Å². The maximum atomic E-state index is 12.0. The number of carbonyl (C=O) groups excluding carboxylic acids is 1. The monoisotopic (exact) mass is 267 g/mol. The summed E-state index contributed by atoms with van der Waals surface area (Å²) in [6, 6.07) is 4.63. The molecule has 1 aliphatic rings. The maximum absolute atomic E-state index is 12.0. The summed E-state index contributed by atoms with van der Waals surface area (Å²) >= 11 is 1.79. The van der Waals surface area contributed by atoms with Gasteiger partial charge in [0.25, 0.3) is 5.91 Å². The number of nitrogens with one attached hydrogen (secondary N) is 1. The fraction of sp³-hybridized carbons (Fsp3) is 0.462. The third kappa shape index (κ3) is 2.72. The fourth-order valence-corrected chi connectivity index (χ4v) is 2.48. The Balaban J connectivity index is 2.04. The van der Waals surface area contributed by atoms with E-state index in [0.717, 1.165) is 12.8 Å². The molecular formula is C13H17NO3S. The Morgan fingerprint density at radius 3 is 2.83 bits per heavy atom. The van der Waals surface area contributed by atoms with Crippen LogP contribution in [0, 0.1) is 0 Å². The van der Waals surface area contributed by atoms with Crippen LogP contribution >= 0.6 is 11.8 Å². The first-order chi connectivity index (χ1) is 8.60. The van der Waals surface area contributed by atoms with Crippen LogP contribution in [0.4, 0.5) is 0 Å². The van der Waals surface area contributed by atoms with Crippen LogP contribution in [0.25, 0.3) is 0 Å². The summed E-state index contributed by atoms with van der Waals surface area (Å²) in [5.41, 5.74) is 0.256. The van der Waals surface area contributed by atoms with Crippen LogP contribution in [0.2, 0.25) is 0 Å². The molecule has 1 fully saturated rings. The molecule has 4 nitrogen and oxygen atoms in total. The van der Waals surface area contributed by atoms with Crippen molar-refractivity contribution in [2.24, 2.45) is 0 Å². The Morgan fingerprint density at radius 1 is 1.56 bits per heavy atom. The number of phenols is 1. The number of phenolic OH excluding ortho intramolecular Hbond substituents is 1. The number of methoxy groups -OCH3 is 1. The highest BCUT2D eigenvalue weighted by Gasteiger charge is 2.42. The van der Waals surface area contributed by atoms with Gasteiger partial charge in [0.2, 0.25) is 0 Å². The lowest BCUT2D eigenvalue weighted by Crippen LogP contribution is -2.31. The Morgan fingerprint density at radius 2 is 2.28 bits per heavy atom. The average Bonchev–Trinajstić information content (AvgIpc) is 3.17. The van der Waals surface area contributed by atoms with Crippen molar-refractivity contribution in [1.82, 2.24) is 5.32 Å². The average molecular weight is 267 g/mol. The minimum Gasteiger partial charge on any atom is -0.507 e. The second-order valence-corrected chi connectivity index (χ2v) is 5.73. The summed E-state index contributed by atoms with van der Waals surface area (Å²) < 4.78 is 5.26. The summed E-state index contributed by atoms with van der Waals surface area (Å²) in [6.45, 7) is 0.643. The van der Waals surface area contributed by atoms with E-state index in [1.807, 2.05) is 0 Å². The first kappa shape index (κ1) is 13.1. The molecule has 0 saturated heterocycles. The highest BCUT2D eigenvalue weighted by molar-refractivity contribution is 8.00. The highest BCUT2D eigenvalue weighted by Crippen LogP contribution is 2.46. The predicted octanol–water partition coefficient (Wildman–Crippen LogP) is 2.03. The second kappa shape index (κ2) is 5.10. The van der Waals surface area contributed by atoms with Crippen LogP contribution < -0.4 is 10.1 Å². The number of carbonyl (C=O) groups is 1. The standard InChI is InChI=1S/C13H17NO3S/c1-17-9-3-4-11(15)10(7-9)12(16)14-8-13(18-2)5-6-13/h3-4,7,15H,5-6,8H2,1-2H3,(H,14,16). The molecule has 1 aromatic carbocycles. The van der Waals surface area contributed by atoms with Crippen LogP contribution in [0.1, 0.15) is 23.2 Å². The quantitative estimate of drug-likeness (QED) is 0.857. The van der Waals surface area contributed by atoms with E-state index < -0.39 is 0 Å². The van der Waals surface area contributed by atoms with Gasteiger partial charge >= 0.3 is 0 Å². The molecule has 0 bridgehead atoms. The van der Waals surface area contributed by atoms with Gasteiger partial charge in [0.15, 0.2) is 0 Å². The Labute approximate surface area is 111 Å². The van der Waals surface area contributed by atoms with E-state index in [2.05, 4.69) is 11.6 Å². The molecule has 0 radical (unpaired) electrons. The van der Waals surface area contributed by atoms with Gasteiger partial charge in [-0.15, -0.1) is 0 Å². The number of thioether (sulfide) groups is 1. The number of amides is 1. The zero-order chi connectivity index (χ0) is 13.2. The molecule has 5 heteroatoms.